The third kappa shape index (κ3) is 3.40. The first-order chi connectivity index (χ1) is 9.08. The lowest BCUT2D eigenvalue weighted by Gasteiger charge is -2.33. The van der Waals surface area contributed by atoms with Gasteiger partial charge in [0.1, 0.15) is 0 Å². The van der Waals surface area contributed by atoms with Crippen molar-refractivity contribution >= 4 is 17.4 Å². The van der Waals surface area contributed by atoms with Gasteiger partial charge in [0.05, 0.1) is 0 Å². The van der Waals surface area contributed by atoms with Gasteiger partial charge >= 0.3 is 6.03 Å². The summed E-state index contributed by atoms with van der Waals surface area (Å²) < 4.78 is 0. The van der Waals surface area contributed by atoms with Gasteiger partial charge in [-0.15, -0.1) is 0 Å². The van der Waals surface area contributed by atoms with E-state index < -0.39 is 0 Å². The molecule has 1 heterocycles. The van der Waals surface area contributed by atoms with Crippen LogP contribution in [-0.4, -0.2) is 37.6 Å². The average Bonchev–Trinajstić information content (AvgIpc) is 2.39. The molecule has 104 valence electrons. The van der Waals surface area contributed by atoms with E-state index in [1.54, 1.807) is 0 Å². The standard InChI is InChI=1S/C15H23N3O/c1-12-6-4-5-11-18(12)15(19)16-13-7-9-14(10-8-13)17(2)3/h7-10,12H,4-6,11H2,1-3H3,(H,16,19). The minimum absolute atomic E-state index is 0.0183. The Morgan fingerprint density at radius 3 is 2.53 bits per heavy atom. The number of nitrogens with zero attached hydrogens (tertiary/aromatic N) is 2. The van der Waals surface area contributed by atoms with Crippen molar-refractivity contribution in [2.75, 3.05) is 30.9 Å². The Labute approximate surface area is 115 Å². The minimum atomic E-state index is 0.0183. The molecular weight excluding hydrogens is 238 g/mol. The molecule has 0 bridgehead atoms. The van der Waals surface area contributed by atoms with Crippen LogP contribution in [0.5, 0.6) is 0 Å². The summed E-state index contributed by atoms with van der Waals surface area (Å²) in [6.07, 6.45) is 3.44. The third-order valence-corrected chi connectivity index (χ3v) is 3.70. The van der Waals surface area contributed by atoms with E-state index in [4.69, 9.17) is 0 Å². The van der Waals surface area contributed by atoms with E-state index in [9.17, 15) is 4.79 Å². The molecule has 4 nitrogen and oxygen atoms in total. The van der Waals surface area contributed by atoms with Crippen molar-refractivity contribution in [3.8, 4) is 0 Å². The molecule has 1 aliphatic rings. The zero-order valence-corrected chi connectivity index (χ0v) is 12.0. The molecule has 1 saturated heterocycles. The van der Waals surface area contributed by atoms with Gasteiger partial charge in [0, 0.05) is 38.1 Å². The van der Waals surface area contributed by atoms with E-state index in [-0.39, 0.29) is 6.03 Å². The fourth-order valence-electron chi connectivity index (χ4n) is 2.44. The zero-order valence-electron chi connectivity index (χ0n) is 12.0. The molecule has 1 N–H and O–H groups in total. The van der Waals surface area contributed by atoms with Crippen molar-refractivity contribution < 1.29 is 4.79 Å². The van der Waals surface area contributed by atoms with Gasteiger partial charge in [-0.1, -0.05) is 0 Å². The maximum absolute atomic E-state index is 12.2. The van der Waals surface area contributed by atoms with E-state index in [0.29, 0.717) is 6.04 Å². The van der Waals surface area contributed by atoms with Gasteiger partial charge in [0.25, 0.3) is 0 Å². The highest BCUT2D eigenvalue weighted by atomic mass is 16.2. The second kappa shape index (κ2) is 5.95. The zero-order chi connectivity index (χ0) is 13.8. The molecule has 2 rings (SSSR count). The summed E-state index contributed by atoms with van der Waals surface area (Å²) in [7, 11) is 4.01. The van der Waals surface area contributed by atoms with Crippen LogP contribution in [0, 0.1) is 0 Å². The van der Waals surface area contributed by atoms with Gasteiger partial charge in [0.2, 0.25) is 0 Å². The number of carbonyl (C=O) groups excluding carboxylic acids is 1. The van der Waals surface area contributed by atoms with Crippen LogP contribution < -0.4 is 10.2 Å². The lowest BCUT2D eigenvalue weighted by Crippen LogP contribution is -2.44. The normalized spacial score (nSPS) is 19.1. The number of nitrogens with one attached hydrogen (secondary N) is 1. The summed E-state index contributed by atoms with van der Waals surface area (Å²) in [5.41, 5.74) is 1.98. The Balaban J connectivity index is 1.98. The Hall–Kier alpha value is -1.71. The monoisotopic (exact) mass is 261 g/mol. The molecule has 1 aliphatic heterocycles. The molecular formula is C15H23N3O. The molecule has 1 aromatic carbocycles. The van der Waals surface area contributed by atoms with Gasteiger partial charge < -0.3 is 15.1 Å². The van der Waals surface area contributed by atoms with Crippen molar-refractivity contribution in [3.63, 3.8) is 0 Å². The quantitative estimate of drug-likeness (QED) is 0.887. The maximum atomic E-state index is 12.2. The van der Waals surface area contributed by atoms with Crippen molar-refractivity contribution in [1.82, 2.24) is 4.90 Å². The molecule has 1 unspecified atom stereocenters. The van der Waals surface area contributed by atoms with Crippen LogP contribution in [0.1, 0.15) is 26.2 Å². The highest BCUT2D eigenvalue weighted by molar-refractivity contribution is 5.89. The molecule has 1 aromatic rings. The average molecular weight is 261 g/mol. The van der Waals surface area contributed by atoms with E-state index in [0.717, 1.165) is 30.8 Å². The van der Waals surface area contributed by atoms with Crippen LogP contribution in [0.2, 0.25) is 0 Å². The van der Waals surface area contributed by atoms with Crippen LogP contribution in [0.15, 0.2) is 24.3 Å². The van der Waals surface area contributed by atoms with Gasteiger partial charge in [-0.05, 0) is 50.5 Å². The summed E-state index contributed by atoms with van der Waals surface area (Å²) in [6, 6.07) is 8.27. The molecule has 0 saturated carbocycles. The Bertz CT molecular complexity index is 428. The van der Waals surface area contributed by atoms with Crippen LogP contribution in [0.25, 0.3) is 0 Å². The molecule has 1 fully saturated rings. The largest absolute Gasteiger partial charge is 0.378 e. The van der Waals surface area contributed by atoms with E-state index in [1.165, 1.54) is 6.42 Å². The fraction of sp³-hybridized carbons (Fsp3) is 0.533. The Morgan fingerprint density at radius 2 is 1.95 bits per heavy atom. The molecule has 0 aliphatic carbocycles. The lowest BCUT2D eigenvalue weighted by atomic mass is 10.0. The number of hydrogen-bond acceptors (Lipinski definition) is 2. The number of urea groups is 1. The molecule has 0 radical (unpaired) electrons. The van der Waals surface area contributed by atoms with Crippen LogP contribution >= 0.6 is 0 Å². The van der Waals surface area contributed by atoms with Crippen molar-refractivity contribution in [3.05, 3.63) is 24.3 Å². The van der Waals surface area contributed by atoms with Crippen molar-refractivity contribution in [2.24, 2.45) is 0 Å². The molecule has 2 amide bonds. The third-order valence-electron chi connectivity index (χ3n) is 3.70. The van der Waals surface area contributed by atoms with Gasteiger partial charge in [-0.2, -0.15) is 0 Å². The number of piperidine rings is 1. The number of hydrogen-bond donors (Lipinski definition) is 1. The topological polar surface area (TPSA) is 35.6 Å². The highest BCUT2D eigenvalue weighted by Gasteiger charge is 2.22. The SMILES string of the molecule is CC1CCCCN1C(=O)Nc1ccc(N(C)C)cc1. The summed E-state index contributed by atoms with van der Waals surface area (Å²) in [5.74, 6) is 0. The smallest absolute Gasteiger partial charge is 0.322 e. The van der Waals surface area contributed by atoms with E-state index in [1.807, 2.05) is 48.2 Å². The molecule has 19 heavy (non-hydrogen) atoms. The highest BCUT2D eigenvalue weighted by Crippen LogP contribution is 2.19. The van der Waals surface area contributed by atoms with Crippen LogP contribution in [0.4, 0.5) is 16.2 Å². The molecule has 0 aromatic heterocycles. The predicted molar refractivity (Wildman–Crippen MR) is 79.8 cm³/mol. The number of amides is 2. The Kier molecular flexibility index (Phi) is 4.30. The fourth-order valence-corrected chi connectivity index (χ4v) is 2.44. The summed E-state index contributed by atoms with van der Waals surface area (Å²) >= 11 is 0. The number of likely N-dealkylation sites (tertiary alicyclic amines) is 1. The summed E-state index contributed by atoms with van der Waals surface area (Å²) in [6.45, 7) is 2.98. The predicted octanol–water partition coefficient (Wildman–Crippen LogP) is 3.16. The van der Waals surface area contributed by atoms with Crippen molar-refractivity contribution in [2.45, 2.75) is 32.2 Å². The lowest BCUT2D eigenvalue weighted by molar-refractivity contribution is 0.170. The molecule has 4 heteroatoms. The van der Waals surface area contributed by atoms with Gasteiger partial charge in [-0.25, -0.2) is 4.79 Å². The van der Waals surface area contributed by atoms with Crippen molar-refractivity contribution in [1.29, 1.82) is 0 Å². The first kappa shape index (κ1) is 13.7. The molecule has 0 spiro atoms. The van der Waals surface area contributed by atoms with Gasteiger partial charge in [-0.3, -0.25) is 0 Å². The second-order valence-electron chi connectivity index (χ2n) is 5.41. The number of carbonyl (C=O) groups is 1. The first-order valence-electron chi connectivity index (χ1n) is 6.93. The van der Waals surface area contributed by atoms with Gasteiger partial charge in [0.15, 0.2) is 0 Å². The number of benzene rings is 1. The first-order valence-corrected chi connectivity index (χ1v) is 6.93. The Morgan fingerprint density at radius 1 is 1.26 bits per heavy atom. The minimum Gasteiger partial charge on any atom is -0.378 e. The van der Waals surface area contributed by atoms with Crippen LogP contribution in [-0.2, 0) is 0 Å². The molecule has 1 atom stereocenters. The second-order valence-corrected chi connectivity index (χ2v) is 5.41. The van der Waals surface area contributed by atoms with E-state index in [2.05, 4.69) is 12.2 Å². The number of anilines is 2. The summed E-state index contributed by atoms with van der Waals surface area (Å²) in [4.78, 5) is 16.2. The summed E-state index contributed by atoms with van der Waals surface area (Å²) in [5, 5.41) is 2.98. The van der Waals surface area contributed by atoms with Crippen LogP contribution in [0.3, 0.4) is 0 Å². The maximum Gasteiger partial charge on any atom is 0.322 e. The number of rotatable bonds is 2. The van der Waals surface area contributed by atoms with E-state index >= 15 is 0 Å².